The molecule has 20 heavy (non-hydrogen) atoms. The smallest absolute Gasteiger partial charge is 0.260 e. The third-order valence-corrected chi connectivity index (χ3v) is 3.01. The van der Waals surface area contributed by atoms with E-state index in [4.69, 9.17) is 4.74 Å². The molecule has 0 saturated heterocycles. The fourth-order valence-corrected chi connectivity index (χ4v) is 2.01. The molecule has 0 saturated carbocycles. The Morgan fingerprint density at radius 1 is 1.30 bits per heavy atom. The molecular weight excluding hydrogens is 257 g/mol. The van der Waals surface area contributed by atoms with Crippen LogP contribution in [0.4, 0.5) is 10.3 Å². The molecule has 2 rings (SSSR count). The molecule has 5 heteroatoms. The van der Waals surface area contributed by atoms with Crippen molar-refractivity contribution in [1.82, 2.24) is 9.97 Å². The van der Waals surface area contributed by atoms with Crippen molar-refractivity contribution < 1.29 is 9.13 Å². The Morgan fingerprint density at radius 3 is 2.65 bits per heavy atom. The lowest BCUT2D eigenvalue weighted by Gasteiger charge is -2.12. The van der Waals surface area contributed by atoms with Crippen LogP contribution in [0.3, 0.4) is 0 Å². The summed E-state index contributed by atoms with van der Waals surface area (Å²) in [6.45, 7) is 6.27. The fraction of sp³-hybridized carbons (Fsp3) is 0.333. The first-order chi connectivity index (χ1) is 9.51. The summed E-state index contributed by atoms with van der Waals surface area (Å²) in [7, 11) is 1.67. The van der Waals surface area contributed by atoms with Crippen molar-refractivity contribution in [2.75, 3.05) is 12.4 Å². The molecular formula is C15H18FN3O. The minimum absolute atomic E-state index is 0.0824. The molecule has 1 heterocycles. The monoisotopic (exact) mass is 275 g/mol. The van der Waals surface area contributed by atoms with Crippen molar-refractivity contribution in [3.8, 4) is 11.6 Å². The quantitative estimate of drug-likeness (QED) is 0.919. The number of hydrogen-bond donors (Lipinski definition) is 1. The zero-order valence-electron chi connectivity index (χ0n) is 12.1. The lowest BCUT2D eigenvalue weighted by molar-refractivity contribution is 0.420. The largest absolute Gasteiger partial charge is 0.436 e. The van der Waals surface area contributed by atoms with Gasteiger partial charge in [-0.05, 0) is 36.1 Å². The van der Waals surface area contributed by atoms with Crippen molar-refractivity contribution in [2.24, 2.45) is 0 Å². The summed E-state index contributed by atoms with van der Waals surface area (Å²) < 4.78 is 19.1. The van der Waals surface area contributed by atoms with Gasteiger partial charge in [-0.15, -0.1) is 0 Å². The normalized spacial score (nSPS) is 10.7. The van der Waals surface area contributed by atoms with E-state index < -0.39 is 5.82 Å². The standard InChI is InChI=1S/C15H18FN3O/c1-9(2)12-6-5-11(7-10(12)3)20-14-13(16)8-18-15(17-4)19-14/h5-9H,1-4H3,(H,17,18,19). The van der Waals surface area contributed by atoms with Gasteiger partial charge in [-0.2, -0.15) is 9.37 Å². The van der Waals surface area contributed by atoms with Gasteiger partial charge in [-0.3, -0.25) is 0 Å². The van der Waals surface area contributed by atoms with Gasteiger partial charge >= 0.3 is 0 Å². The summed E-state index contributed by atoms with van der Waals surface area (Å²) in [4.78, 5) is 7.73. The predicted octanol–water partition coefficient (Wildman–Crippen LogP) is 3.88. The summed E-state index contributed by atoms with van der Waals surface area (Å²) >= 11 is 0. The molecule has 1 N–H and O–H groups in total. The molecule has 1 aromatic heterocycles. The zero-order chi connectivity index (χ0) is 14.7. The van der Waals surface area contributed by atoms with Crippen LogP contribution in [0, 0.1) is 12.7 Å². The van der Waals surface area contributed by atoms with Gasteiger partial charge < -0.3 is 10.1 Å². The molecule has 0 spiro atoms. The van der Waals surface area contributed by atoms with Gasteiger partial charge in [0.15, 0.2) is 0 Å². The van der Waals surface area contributed by atoms with Gasteiger partial charge in [0, 0.05) is 7.05 Å². The molecule has 0 atom stereocenters. The highest BCUT2D eigenvalue weighted by Gasteiger charge is 2.10. The zero-order valence-corrected chi connectivity index (χ0v) is 12.1. The molecule has 1 aromatic carbocycles. The maximum absolute atomic E-state index is 13.6. The molecule has 0 fully saturated rings. The average Bonchev–Trinajstić information content (AvgIpc) is 2.41. The number of aromatic nitrogens is 2. The van der Waals surface area contributed by atoms with E-state index in [2.05, 4.69) is 29.1 Å². The van der Waals surface area contributed by atoms with Crippen LogP contribution < -0.4 is 10.1 Å². The lowest BCUT2D eigenvalue weighted by atomic mass is 9.98. The van der Waals surface area contributed by atoms with Crippen LogP contribution in [-0.2, 0) is 0 Å². The van der Waals surface area contributed by atoms with Crippen molar-refractivity contribution in [3.05, 3.63) is 41.3 Å². The van der Waals surface area contributed by atoms with E-state index in [0.29, 0.717) is 17.6 Å². The minimum Gasteiger partial charge on any atom is -0.436 e. The number of anilines is 1. The number of hydrogen-bond acceptors (Lipinski definition) is 4. The second-order valence-corrected chi connectivity index (χ2v) is 4.87. The minimum atomic E-state index is -0.588. The van der Waals surface area contributed by atoms with E-state index in [1.807, 2.05) is 25.1 Å². The first-order valence-electron chi connectivity index (χ1n) is 6.50. The van der Waals surface area contributed by atoms with Gasteiger partial charge in [0.1, 0.15) is 5.75 Å². The van der Waals surface area contributed by atoms with E-state index >= 15 is 0 Å². The van der Waals surface area contributed by atoms with E-state index in [9.17, 15) is 4.39 Å². The van der Waals surface area contributed by atoms with Crippen LogP contribution in [0.15, 0.2) is 24.4 Å². The molecule has 4 nitrogen and oxygen atoms in total. The Balaban J connectivity index is 2.28. The summed E-state index contributed by atoms with van der Waals surface area (Å²) in [5, 5.41) is 2.75. The molecule has 0 amide bonds. The Hall–Kier alpha value is -2.17. The predicted molar refractivity (Wildman–Crippen MR) is 76.9 cm³/mol. The fourth-order valence-electron chi connectivity index (χ4n) is 2.01. The van der Waals surface area contributed by atoms with Gasteiger partial charge in [0.25, 0.3) is 5.88 Å². The molecule has 0 unspecified atom stereocenters. The van der Waals surface area contributed by atoms with Gasteiger partial charge in [-0.1, -0.05) is 19.9 Å². The van der Waals surface area contributed by atoms with Crippen LogP contribution in [0.2, 0.25) is 0 Å². The van der Waals surface area contributed by atoms with Crippen molar-refractivity contribution in [2.45, 2.75) is 26.7 Å². The highest BCUT2D eigenvalue weighted by atomic mass is 19.1. The van der Waals surface area contributed by atoms with Gasteiger partial charge in [-0.25, -0.2) is 4.98 Å². The van der Waals surface area contributed by atoms with E-state index in [0.717, 1.165) is 11.8 Å². The topological polar surface area (TPSA) is 47.0 Å². The van der Waals surface area contributed by atoms with Crippen LogP contribution in [0.25, 0.3) is 0 Å². The summed E-state index contributed by atoms with van der Waals surface area (Å²) in [5.74, 6) is 0.648. The van der Waals surface area contributed by atoms with E-state index in [1.54, 1.807) is 7.05 Å². The summed E-state index contributed by atoms with van der Waals surface area (Å²) in [5.41, 5.74) is 2.36. The molecule has 0 aliphatic rings. The van der Waals surface area contributed by atoms with Crippen LogP contribution in [0.1, 0.15) is 30.9 Å². The van der Waals surface area contributed by atoms with Crippen LogP contribution >= 0.6 is 0 Å². The summed E-state index contributed by atoms with van der Waals surface area (Å²) in [6, 6.07) is 5.70. The molecule has 0 aliphatic heterocycles. The molecule has 106 valence electrons. The highest BCUT2D eigenvalue weighted by Crippen LogP contribution is 2.27. The number of halogens is 1. The van der Waals surface area contributed by atoms with E-state index in [-0.39, 0.29) is 5.88 Å². The SMILES string of the molecule is CNc1ncc(F)c(Oc2ccc(C(C)C)c(C)c2)n1. The Bertz CT molecular complexity index is 614. The second-order valence-electron chi connectivity index (χ2n) is 4.87. The van der Waals surface area contributed by atoms with Crippen molar-refractivity contribution in [3.63, 3.8) is 0 Å². The van der Waals surface area contributed by atoms with Crippen LogP contribution in [0.5, 0.6) is 11.6 Å². The number of ether oxygens (including phenoxy) is 1. The number of nitrogens with one attached hydrogen (secondary N) is 1. The third-order valence-electron chi connectivity index (χ3n) is 3.01. The lowest BCUT2D eigenvalue weighted by Crippen LogP contribution is -2.00. The molecule has 2 aromatic rings. The number of benzene rings is 1. The number of nitrogens with zero attached hydrogens (tertiary/aromatic N) is 2. The van der Waals surface area contributed by atoms with E-state index in [1.165, 1.54) is 5.56 Å². The second kappa shape index (κ2) is 5.86. The van der Waals surface area contributed by atoms with Gasteiger partial charge in [0.05, 0.1) is 6.20 Å². The number of aryl methyl sites for hydroxylation is 1. The Labute approximate surface area is 118 Å². The Morgan fingerprint density at radius 2 is 2.05 bits per heavy atom. The van der Waals surface area contributed by atoms with Gasteiger partial charge in [0.2, 0.25) is 11.8 Å². The maximum atomic E-state index is 13.6. The van der Waals surface area contributed by atoms with Crippen molar-refractivity contribution >= 4 is 5.95 Å². The maximum Gasteiger partial charge on any atom is 0.260 e. The number of rotatable bonds is 4. The Kier molecular flexibility index (Phi) is 4.17. The summed E-state index contributed by atoms with van der Waals surface area (Å²) in [6.07, 6.45) is 1.09. The first-order valence-corrected chi connectivity index (χ1v) is 6.50. The third kappa shape index (κ3) is 3.04. The van der Waals surface area contributed by atoms with Crippen LogP contribution in [-0.4, -0.2) is 17.0 Å². The highest BCUT2D eigenvalue weighted by molar-refractivity contribution is 5.38. The molecule has 0 aliphatic carbocycles. The first kappa shape index (κ1) is 14.2. The molecule has 0 radical (unpaired) electrons. The average molecular weight is 275 g/mol. The van der Waals surface area contributed by atoms with Crippen molar-refractivity contribution in [1.29, 1.82) is 0 Å². The molecule has 0 bridgehead atoms.